The first-order valence-electron chi connectivity index (χ1n) is 8.92. The molecule has 0 radical (unpaired) electrons. The second-order valence-electron chi connectivity index (χ2n) is 7.19. The number of amides is 1. The highest BCUT2D eigenvalue weighted by Gasteiger charge is 2.41. The number of carbonyl (C=O) groups is 1. The van der Waals surface area contributed by atoms with Gasteiger partial charge in [0, 0.05) is 31.9 Å². The third kappa shape index (κ3) is 4.59. The molecule has 3 rings (SSSR count). The SMILES string of the molecule is Cc1cccc(NC(=O)CN2CCC(N(C)S(=O)(=O)C3CC3)CC2)c1. The van der Waals surface area contributed by atoms with E-state index in [-0.39, 0.29) is 17.2 Å². The summed E-state index contributed by atoms with van der Waals surface area (Å²) in [6.07, 6.45) is 3.15. The summed E-state index contributed by atoms with van der Waals surface area (Å²) in [4.78, 5) is 14.3. The minimum atomic E-state index is -3.12. The number of likely N-dealkylation sites (tertiary alicyclic amines) is 1. The van der Waals surface area contributed by atoms with Crippen molar-refractivity contribution in [1.29, 1.82) is 0 Å². The Bertz CT molecular complexity index is 723. The number of carbonyl (C=O) groups excluding carboxylic acids is 1. The van der Waals surface area contributed by atoms with Crippen LogP contribution in [0.25, 0.3) is 0 Å². The number of hydrogen-bond donors (Lipinski definition) is 1. The van der Waals surface area contributed by atoms with E-state index in [0.29, 0.717) is 6.54 Å². The Balaban J connectivity index is 1.46. The van der Waals surface area contributed by atoms with Crippen LogP contribution < -0.4 is 5.32 Å². The number of benzene rings is 1. The Morgan fingerprint density at radius 2 is 1.92 bits per heavy atom. The lowest BCUT2D eigenvalue weighted by molar-refractivity contribution is -0.117. The molecular formula is C18H27N3O3S. The molecular weight excluding hydrogens is 338 g/mol. The van der Waals surface area contributed by atoms with Crippen LogP contribution in [0.1, 0.15) is 31.2 Å². The van der Waals surface area contributed by atoms with Crippen molar-refractivity contribution in [2.75, 3.05) is 32.0 Å². The maximum Gasteiger partial charge on any atom is 0.238 e. The fraction of sp³-hybridized carbons (Fsp3) is 0.611. The highest BCUT2D eigenvalue weighted by atomic mass is 32.2. The lowest BCUT2D eigenvalue weighted by Crippen LogP contribution is -2.47. The number of rotatable bonds is 6. The smallest absolute Gasteiger partial charge is 0.238 e. The van der Waals surface area contributed by atoms with Crippen molar-refractivity contribution >= 4 is 21.6 Å². The molecule has 0 unspecified atom stereocenters. The van der Waals surface area contributed by atoms with Crippen molar-refractivity contribution in [1.82, 2.24) is 9.21 Å². The summed E-state index contributed by atoms with van der Waals surface area (Å²) >= 11 is 0. The molecule has 1 N–H and O–H groups in total. The summed E-state index contributed by atoms with van der Waals surface area (Å²) in [5.41, 5.74) is 1.92. The largest absolute Gasteiger partial charge is 0.325 e. The molecule has 1 saturated carbocycles. The van der Waals surface area contributed by atoms with E-state index in [1.54, 1.807) is 11.4 Å². The van der Waals surface area contributed by atoms with Gasteiger partial charge >= 0.3 is 0 Å². The van der Waals surface area contributed by atoms with Gasteiger partial charge in [0.2, 0.25) is 15.9 Å². The van der Waals surface area contributed by atoms with E-state index in [2.05, 4.69) is 10.2 Å². The molecule has 6 nitrogen and oxygen atoms in total. The number of aryl methyl sites for hydroxylation is 1. The number of sulfonamides is 1. The predicted octanol–water partition coefficient (Wildman–Crippen LogP) is 1.82. The van der Waals surface area contributed by atoms with Crippen LogP contribution in [0, 0.1) is 6.92 Å². The standard InChI is InChI=1S/C18H27N3O3S/c1-14-4-3-5-15(12-14)19-18(22)13-21-10-8-16(9-11-21)20(2)25(23,24)17-6-7-17/h3-5,12,16-17H,6-11,13H2,1-2H3,(H,19,22). The monoisotopic (exact) mass is 365 g/mol. The molecule has 0 spiro atoms. The Morgan fingerprint density at radius 1 is 1.24 bits per heavy atom. The number of hydrogen-bond acceptors (Lipinski definition) is 4. The first-order valence-corrected chi connectivity index (χ1v) is 10.4. The van der Waals surface area contributed by atoms with Crippen molar-refractivity contribution in [3.8, 4) is 0 Å². The highest BCUT2D eigenvalue weighted by molar-refractivity contribution is 7.90. The molecule has 1 aliphatic heterocycles. The maximum atomic E-state index is 12.3. The van der Waals surface area contributed by atoms with Crippen LogP contribution in [0.4, 0.5) is 5.69 Å². The quantitative estimate of drug-likeness (QED) is 0.835. The third-order valence-corrected chi connectivity index (χ3v) is 7.50. The fourth-order valence-corrected chi connectivity index (χ4v) is 5.20. The second-order valence-corrected chi connectivity index (χ2v) is 9.46. The molecule has 0 bridgehead atoms. The normalized spacial score (nSPS) is 20.0. The minimum Gasteiger partial charge on any atom is -0.325 e. The average molecular weight is 365 g/mol. The maximum absolute atomic E-state index is 12.3. The lowest BCUT2D eigenvalue weighted by Gasteiger charge is -2.35. The van der Waals surface area contributed by atoms with Gasteiger partial charge in [-0.3, -0.25) is 9.69 Å². The summed E-state index contributed by atoms with van der Waals surface area (Å²) in [5.74, 6) is -0.0250. The van der Waals surface area contributed by atoms with Crippen LogP contribution in [0.3, 0.4) is 0 Å². The van der Waals surface area contributed by atoms with E-state index < -0.39 is 10.0 Å². The van der Waals surface area contributed by atoms with Crippen molar-refractivity contribution in [2.45, 2.75) is 43.9 Å². The molecule has 1 aliphatic carbocycles. The fourth-order valence-electron chi connectivity index (χ4n) is 3.38. The first kappa shape index (κ1) is 18.4. The third-order valence-electron chi connectivity index (χ3n) is 5.09. The molecule has 1 aromatic carbocycles. The topological polar surface area (TPSA) is 69.7 Å². The van der Waals surface area contributed by atoms with Gasteiger partial charge in [0.15, 0.2) is 0 Å². The molecule has 138 valence electrons. The highest BCUT2D eigenvalue weighted by Crippen LogP contribution is 2.32. The molecule has 1 aromatic rings. The lowest BCUT2D eigenvalue weighted by atomic mass is 10.1. The van der Waals surface area contributed by atoms with Gasteiger partial charge in [-0.25, -0.2) is 12.7 Å². The zero-order valence-electron chi connectivity index (χ0n) is 14.9. The molecule has 0 aromatic heterocycles. The van der Waals surface area contributed by atoms with E-state index in [4.69, 9.17) is 0 Å². The number of nitrogens with one attached hydrogen (secondary N) is 1. The number of anilines is 1. The van der Waals surface area contributed by atoms with Gasteiger partial charge in [-0.1, -0.05) is 12.1 Å². The van der Waals surface area contributed by atoms with E-state index in [1.807, 2.05) is 31.2 Å². The van der Waals surface area contributed by atoms with Gasteiger partial charge in [-0.15, -0.1) is 0 Å². The zero-order valence-corrected chi connectivity index (χ0v) is 15.8. The van der Waals surface area contributed by atoms with Gasteiger partial charge in [-0.2, -0.15) is 0 Å². The van der Waals surface area contributed by atoms with Crippen LogP contribution in [0.15, 0.2) is 24.3 Å². The summed E-state index contributed by atoms with van der Waals surface area (Å²) in [6, 6.07) is 7.80. The van der Waals surface area contributed by atoms with Crippen LogP contribution in [0.2, 0.25) is 0 Å². The molecule has 2 fully saturated rings. The Morgan fingerprint density at radius 3 is 2.52 bits per heavy atom. The second kappa shape index (κ2) is 7.43. The Labute approximate surface area is 150 Å². The minimum absolute atomic E-state index is 0.0250. The van der Waals surface area contributed by atoms with Crippen molar-refractivity contribution < 1.29 is 13.2 Å². The molecule has 1 heterocycles. The van der Waals surface area contributed by atoms with Gasteiger partial charge in [-0.05, 0) is 50.3 Å². The summed E-state index contributed by atoms with van der Waals surface area (Å²) < 4.78 is 26.2. The molecule has 1 saturated heterocycles. The van der Waals surface area contributed by atoms with Crippen LogP contribution in [-0.4, -0.2) is 61.5 Å². The van der Waals surface area contributed by atoms with Crippen molar-refractivity contribution in [3.05, 3.63) is 29.8 Å². The van der Waals surface area contributed by atoms with Crippen LogP contribution in [0.5, 0.6) is 0 Å². The molecule has 25 heavy (non-hydrogen) atoms. The Kier molecular flexibility index (Phi) is 5.46. The molecule has 2 aliphatic rings. The number of piperidine rings is 1. The zero-order chi connectivity index (χ0) is 18.0. The van der Waals surface area contributed by atoms with E-state index in [1.165, 1.54) is 0 Å². The summed E-state index contributed by atoms with van der Waals surface area (Å²) in [6.45, 7) is 3.83. The first-order chi connectivity index (χ1) is 11.9. The average Bonchev–Trinajstić information content (AvgIpc) is 3.40. The van der Waals surface area contributed by atoms with Gasteiger partial charge in [0.1, 0.15) is 0 Å². The van der Waals surface area contributed by atoms with Crippen LogP contribution in [-0.2, 0) is 14.8 Å². The summed E-state index contributed by atoms with van der Waals surface area (Å²) in [7, 11) is -1.41. The number of nitrogens with zero attached hydrogens (tertiary/aromatic N) is 2. The van der Waals surface area contributed by atoms with Crippen molar-refractivity contribution in [2.24, 2.45) is 0 Å². The Hall–Kier alpha value is -1.44. The predicted molar refractivity (Wildman–Crippen MR) is 99.0 cm³/mol. The van der Waals surface area contributed by atoms with Crippen LogP contribution >= 0.6 is 0 Å². The van der Waals surface area contributed by atoms with Crippen molar-refractivity contribution in [3.63, 3.8) is 0 Å². The van der Waals surface area contributed by atoms with E-state index >= 15 is 0 Å². The van der Waals surface area contributed by atoms with E-state index in [9.17, 15) is 13.2 Å². The van der Waals surface area contributed by atoms with Gasteiger partial charge in [0.05, 0.1) is 11.8 Å². The molecule has 7 heteroatoms. The molecule has 0 atom stereocenters. The van der Waals surface area contributed by atoms with Gasteiger partial charge in [0.25, 0.3) is 0 Å². The molecule has 1 amide bonds. The van der Waals surface area contributed by atoms with Gasteiger partial charge < -0.3 is 5.32 Å². The summed E-state index contributed by atoms with van der Waals surface area (Å²) in [5, 5.41) is 2.77. The van der Waals surface area contributed by atoms with E-state index in [0.717, 1.165) is 50.0 Å².